The highest BCUT2D eigenvalue weighted by atomic mass is 16.5. The van der Waals surface area contributed by atoms with Crippen LogP contribution in [0.1, 0.15) is 22.3 Å². The predicted molar refractivity (Wildman–Crippen MR) is 108 cm³/mol. The van der Waals surface area contributed by atoms with Crippen molar-refractivity contribution in [3.8, 4) is 11.5 Å². The quantitative estimate of drug-likeness (QED) is 0.758. The molecule has 1 amide bonds. The van der Waals surface area contributed by atoms with Crippen LogP contribution in [0.5, 0.6) is 11.5 Å². The Labute approximate surface area is 166 Å². The molecule has 2 aromatic carbocycles. The zero-order chi connectivity index (χ0) is 19.9. The molecular formula is C22H28N2O4. The van der Waals surface area contributed by atoms with E-state index in [2.05, 4.69) is 16.3 Å². The van der Waals surface area contributed by atoms with Crippen LogP contribution in [-0.2, 0) is 35.6 Å². The van der Waals surface area contributed by atoms with Crippen molar-refractivity contribution < 1.29 is 19.0 Å². The molecule has 6 heteroatoms. The lowest BCUT2D eigenvalue weighted by molar-refractivity contribution is -0.122. The first-order chi connectivity index (χ1) is 13.6. The Kier molecular flexibility index (Phi) is 6.90. The number of carbonyl (C=O) groups is 1. The molecule has 1 aliphatic rings. The fourth-order valence-corrected chi connectivity index (χ4v) is 3.53. The number of methoxy groups -OCH3 is 3. The van der Waals surface area contributed by atoms with Crippen molar-refractivity contribution in [2.45, 2.75) is 26.1 Å². The van der Waals surface area contributed by atoms with Crippen molar-refractivity contribution in [3.05, 3.63) is 58.7 Å². The number of amides is 1. The topological polar surface area (TPSA) is 60.0 Å². The summed E-state index contributed by atoms with van der Waals surface area (Å²) in [6.45, 7) is 3.05. The maximum Gasteiger partial charge on any atom is 0.234 e. The van der Waals surface area contributed by atoms with Crippen LogP contribution < -0.4 is 14.8 Å². The van der Waals surface area contributed by atoms with Crippen LogP contribution >= 0.6 is 0 Å². The fourth-order valence-electron chi connectivity index (χ4n) is 3.53. The molecule has 0 fully saturated rings. The molecular weight excluding hydrogens is 356 g/mol. The van der Waals surface area contributed by atoms with E-state index in [-0.39, 0.29) is 5.91 Å². The van der Waals surface area contributed by atoms with Crippen LogP contribution in [0, 0.1) is 0 Å². The molecule has 0 saturated heterocycles. The molecule has 28 heavy (non-hydrogen) atoms. The highest BCUT2D eigenvalue weighted by Gasteiger charge is 2.21. The van der Waals surface area contributed by atoms with Gasteiger partial charge in [-0.1, -0.05) is 24.3 Å². The van der Waals surface area contributed by atoms with Crippen LogP contribution in [0.4, 0.5) is 0 Å². The van der Waals surface area contributed by atoms with E-state index in [4.69, 9.17) is 14.2 Å². The smallest absolute Gasteiger partial charge is 0.234 e. The maximum atomic E-state index is 12.4. The molecule has 0 radical (unpaired) electrons. The summed E-state index contributed by atoms with van der Waals surface area (Å²) in [4.78, 5) is 14.6. The molecule has 0 spiro atoms. The Morgan fingerprint density at radius 3 is 2.46 bits per heavy atom. The van der Waals surface area contributed by atoms with E-state index in [9.17, 15) is 4.79 Å². The van der Waals surface area contributed by atoms with Gasteiger partial charge in [-0.05, 0) is 40.8 Å². The number of hydrogen-bond donors (Lipinski definition) is 1. The van der Waals surface area contributed by atoms with Crippen molar-refractivity contribution in [3.63, 3.8) is 0 Å². The molecule has 1 N–H and O–H groups in total. The van der Waals surface area contributed by atoms with Gasteiger partial charge in [-0.25, -0.2) is 0 Å². The minimum Gasteiger partial charge on any atom is -0.493 e. The first-order valence-corrected chi connectivity index (χ1v) is 9.42. The maximum absolute atomic E-state index is 12.4. The van der Waals surface area contributed by atoms with Crippen molar-refractivity contribution in [2.75, 3.05) is 34.4 Å². The Bertz CT molecular complexity index is 822. The minimum atomic E-state index is 0.0288. The van der Waals surface area contributed by atoms with Gasteiger partial charge < -0.3 is 19.5 Å². The molecule has 6 nitrogen and oxygen atoms in total. The molecule has 3 rings (SSSR count). The molecule has 0 aliphatic carbocycles. The Morgan fingerprint density at radius 1 is 1.04 bits per heavy atom. The zero-order valence-corrected chi connectivity index (χ0v) is 16.8. The van der Waals surface area contributed by atoms with Crippen LogP contribution in [0.2, 0.25) is 0 Å². The largest absolute Gasteiger partial charge is 0.493 e. The molecule has 0 unspecified atom stereocenters. The molecule has 1 heterocycles. The molecule has 0 bridgehead atoms. The molecule has 0 aromatic heterocycles. The summed E-state index contributed by atoms with van der Waals surface area (Å²) in [5, 5.41) is 3.01. The average Bonchev–Trinajstić information content (AvgIpc) is 2.71. The standard InChI is InChI=1S/C22H28N2O4/c1-26-15-17-6-4-5-16(9-17)12-23-22(25)14-24-8-7-18-10-20(27-2)21(28-3)11-19(18)13-24/h4-6,9-11H,7-8,12-15H2,1-3H3,(H,23,25). The van der Waals surface area contributed by atoms with Gasteiger partial charge in [0, 0.05) is 26.7 Å². The number of rotatable bonds is 8. The molecule has 1 aliphatic heterocycles. The first kappa shape index (κ1) is 20.2. The van der Waals surface area contributed by atoms with Gasteiger partial charge in [0.2, 0.25) is 5.91 Å². The van der Waals surface area contributed by atoms with Gasteiger partial charge in [0.25, 0.3) is 0 Å². The second-order valence-corrected chi connectivity index (χ2v) is 6.97. The molecule has 0 atom stereocenters. The lowest BCUT2D eigenvalue weighted by atomic mass is 9.99. The lowest BCUT2D eigenvalue weighted by Gasteiger charge is -2.29. The highest BCUT2D eigenvalue weighted by Crippen LogP contribution is 2.33. The summed E-state index contributed by atoms with van der Waals surface area (Å²) in [6, 6.07) is 12.1. The van der Waals surface area contributed by atoms with Crippen LogP contribution in [0.3, 0.4) is 0 Å². The van der Waals surface area contributed by atoms with E-state index in [1.165, 1.54) is 11.1 Å². The zero-order valence-electron chi connectivity index (χ0n) is 16.8. The second kappa shape index (κ2) is 9.57. The van der Waals surface area contributed by atoms with E-state index in [0.29, 0.717) is 19.7 Å². The number of hydrogen-bond acceptors (Lipinski definition) is 5. The summed E-state index contributed by atoms with van der Waals surface area (Å²) in [5.74, 6) is 1.51. The summed E-state index contributed by atoms with van der Waals surface area (Å²) in [6.07, 6.45) is 0.891. The Balaban J connectivity index is 1.55. The van der Waals surface area contributed by atoms with Crippen LogP contribution in [0.15, 0.2) is 36.4 Å². The van der Waals surface area contributed by atoms with E-state index >= 15 is 0 Å². The van der Waals surface area contributed by atoms with Gasteiger partial charge in [-0.3, -0.25) is 9.69 Å². The van der Waals surface area contributed by atoms with E-state index < -0.39 is 0 Å². The molecule has 0 saturated carbocycles. The number of ether oxygens (including phenoxy) is 3. The summed E-state index contributed by atoms with van der Waals surface area (Å²) in [7, 11) is 4.96. The van der Waals surface area contributed by atoms with Gasteiger partial charge in [-0.2, -0.15) is 0 Å². The van der Waals surface area contributed by atoms with E-state index in [0.717, 1.165) is 42.1 Å². The van der Waals surface area contributed by atoms with Gasteiger partial charge >= 0.3 is 0 Å². The lowest BCUT2D eigenvalue weighted by Crippen LogP contribution is -2.39. The minimum absolute atomic E-state index is 0.0288. The van der Waals surface area contributed by atoms with Crippen molar-refractivity contribution in [1.82, 2.24) is 10.2 Å². The second-order valence-electron chi connectivity index (χ2n) is 6.97. The van der Waals surface area contributed by atoms with Gasteiger partial charge in [0.1, 0.15) is 0 Å². The predicted octanol–water partition coefficient (Wildman–Crippen LogP) is 2.52. The molecule has 2 aromatic rings. The summed E-state index contributed by atoms with van der Waals surface area (Å²) in [5.41, 5.74) is 4.61. The third-order valence-corrected chi connectivity index (χ3v) is 4.96. The van der Waals surface area contributed by atoms with Gasteiger partial charge in [-0.15, -0.1) is 0 Å². The SMILES string of the molecule is COCc1cccc(CNC(=O)CN2CCc3cc(OC)c(OC)cc3C2)c1. The van der Waals surface area contributed by atoms with Crippen molar-refractivity contribution in [2.24, 2.45) is 0 Å². The fraction of sp³-hybridized carbons (Fsp3) is 0.409. The number of fused-ring (bicyclic) bond motifs is 1. The number of carbonyl (C=O) groups excluding carboxylic acids is 1. The third-order valence-electron chi connectivity index (χ3n) is 4.96. The normalized spacial score (nSPS) is 13.7. The average molecular weight is 384 g/mol. The van der Waals surface area contributed by atoms with Crippen molar-refractivity contribution >= 4 is 5.91 Å². The first-order valence-electron chi connectivity index (χ1n) is 9.42. The van der Waals surface area contributed by atoms with Gasteiger partial charge in [0.05, 0.1) is 27.4 Å². The van der Waals surface area contributed by atoms with Gasteiger partial charge in [0.15, 0.2) is 11.5 Å². The van der Waals surface area contributed by atoms with Crippen molar-refractivity contribution in [1.29, 1.82) is 0 Å². The Morgan fingerprint density at radius 2 is 1.75 bits per heavy atom. The molecule has 150 valence electrons. The highest BCUT2D eigenvalue weighted by molar-refractivity contribution is 5.78. The van der Waals surface area contributed by atoms with E-state index in [1.54, 1.807) is 21.3 Å². The monoisotopic (exact) mass is 384 g/mol. The summed E-state index contributed by atoms with van der Waals surface area (Å²) >= 11 is 0. The Hall–Kier alpha value is -2.57. The third kappa shape index (κ3) is 5.03. The number of benzene rings is 2. The van der Waals surface area contributed by atoms with Crippen LogP contribution in [-0.4, -0.2) is 45.2 Å². The number of nitrogens with one attached hydrogen (secondary N) is 1. The number of nitrogens with zero attached hydrogens (tertiary/aromatic N) is 1. The summed E-state index contributed by atoms with van der Waals surface area (Å²) < 4.78 is 15.9. The van der Waals surface area contributed by atoms with Crippen LogP contribution in [0.25, 0.3) is 0 Å². The van der Waals surface area contributed by atoms with E-state index in [1.807, 2.05) is 30.3 Å².